The van der Waals surface area contributed by atoms with E-state index in [-0.39, 0.29) is 6.10 Å². The van der Waals surface area contributed by atoms with Crippen molar-refractivity contribution in [3.8, 4) is 0 Å². The highest BCUT2D eigenvalue weighted by atomic mass is 19.4. The van der Waals surface area contributed by atoms with E-state index in [1.807, 2.05) is 12.4 Å². The van der Waals surface area contributed by atoms with Gasteiger partial charge in [-0.3, -0.25) is 9.88 Å². The van der Waals surface area contributed by atoms with E-state index in [0.717, 1.165) is 65.2 Å². The van der Waals surface area contributed by atoms with Crippen LogP contribution in [0.3, 0.4) is 0 Å². The molecule has 0 radical (unpaired) electrons. The monoisotopic (exact) mass is 574 g/mol. The summed E-state index contributed by atoms with van der Waals surface area (Å²) < 4.78 is 81.2. The fourth-order valence-electron chi connectivity index (χ4n) is 4.41. The number of alkyl halides is 6. The number of pyridine rings is 1. The number of ether oxygens (including phenoxy) is 3. The molecule has 15 heteroatoms. The van der Waals surface area contributed by atoms with Gasteiger partial charge in [-0.25, -0.2) is 9.59 Å². The zero-order valence-corrected chi connectivity index (χ0v) is 21.0. The molecule has 3 aliphatic heterocycles. The fourth-order valence-corrected chi connectivity index (χ4v) is 4.41. The lowest BCUT2D eigenvalue weighted by Gasteiger charge is -2.36. The molecular formula is C24H32F6N2O7. The highest BCUT2D eigenvalue weighted by Crippen LogP contribution is 2.32. The molecule has 3 fully saturated rings. The van der Waals surface area contributed by atoms with E-state index in [1.165, 1.54) is 12.0 Å². The number of aromatic nitrogens is 1. The van der Waals surface area contributed by atoms with Crippen molar-refractivity contribution in [2.75, 3.05) is 33.0 Å². The molecule has 3 atom stereocenters. The van der Waals surface area contributed by atoms with Gasteiger partial charge in [0, 0.05) is 51.3 Å². The van der Waals surface area contributed by atoms with Crippen LogP contribution in [0.15, 0.2) is 24.5 Å². The van der Waals surface area contributed by atoms with Crippen molar-refractivity contribution in [2.45, 2.75) is 69.3 Å². The molecule has 1 aromatic heterocycles. The van der Waals surface area contributed by atoms with E-state index in [9.17, 15) is 26.3 Å². The number of likely N-dealkylation sites (tertiary alicyclic amines) is 1. The summed E-state index contributed by atoms with van der Waals surface area (Å²) in [5, 5.41) is 14.2. The van der Waals surface area contributed by atoms with Crippen LogP contribution in [-0.2, 0) is 30.3 Å². The number of carboxylic acid groups (broad SMARTS) is 2. The van der Waals surface area contributed by atoms with Crippen LogP contribution in [0.25, 0.3) is 0 Å². The molecule has 0 bridgehead atoms. The van der Waals surface area contributed by atoms with Gasteiger partial charge in [0.1, 0.15) is 0 Å². The Morgan fingerprint density at radius 1 is 0.923 bits per heavy atom. The van der Waals surface area contributed by atoms with Gasteiger partial charge in [0.25, 0.3) is 0 Å². The molecular weight excluding hydrogens is 542 g/mol. The van der Waals surface area contributed by atoms with Crippen molar-refractivity contribution < 1.29 is 60.4 Å². The quantitative estimate of drug-likeness (QED) is 0.488. The molecule has 9 nitrogen and oxygen atoms in total. The Kier molecular flexibility index (Phi) is 12.9. The zero-order valence-electron chi connectivity index (χ0n) is 21.0. The van der Waals surface area contributed by atoms with Gasteiger partial charge in [-0.1, -0.05) is 0 Å². The average molecular weight is 575 g/mol. The third-order valence-electron chi connectivity index (χ3n) is 6.37. The number of rotatable bonds is 6. The summed E-state index contributed by atoms with van der Waals surface area (Å²) >= 11 is 0. The third kappa shape index (κ3) is 12.1. The van der Waals surface area contributed by atoms with Crippen molar-refractivity contribution in [3.05, 3.63) is 30.1 Å². The van der Waals surface area contributed by atoms with Crippen molar-refractivity contribution in [1.29, 1.82) is 0 Å². The van der Waals surface area contributed by atoms with E-state index in [1.54, 1.807) is 0 Å². The van der Waals surface area contributed by atoms with E-state index in [4.69, 9.17) is 34.0 Å². The molecule has 2 N–H and O–H groups in total. The molecule has 4 rings (SSSR count). The van der Waals surface area contributed by atoms with Gasteiger partial charge in [-0.05, 0) is 55.7 Å². The van der Waals surface area contributed by atoms with Crippen LogP contribution in [0.1, 0.15) is 37.7 Å². The van der Waals surface area contributed by atoms with E-state index in [2.05, 4.69) is 22.0 Å². The van der Waals surface area contributed by atoms with Gasteiger partial charge >= 0.3 is 24.3 Å². The predicted molar refractivity (Wildman–Crippen MR) is 123 cm³/mol. The molecule has 3 aliphatic rings. The molecule has 1 aromatic rings. The predicted octanol–water partition coefficient (Wildman–Crippen LogP) is 3.91. The van der Waals surface area contributed by atoms with Crippen molar-refractivity contribution >= 4 is 11.9 Å². The molecule has 39 heavy (non-hydrogen) atoms. The van der Waals surface area contributed by atoms with Crippen LogP contribution in [0.4, 0.5) is 26.3 Å². The van der Waals surface area contributed by atoms with Crippen LogP contribution >= 0.6 is 0 Å². The number of hydrogen-bond donors (Lipinski definition) is 2. The zero-order chi connectivity index (χ0) is 29.1. The maximum atomic E-state index is 10.6. The second kappa shape index (κ2) is 15.3. The SMILES string of the molecule is O=C(O)C(F)(F)F.O=C(O)C(F)(F)F.c1cc(CN2CC[C@H]3O[C@@H](COCC4CCOCC4)CC[C@H]32)ccn1. The number of carbonyl (C=O) groups is 2. The number of halogens is 6. The van der Waals surface area contributed by atoms with E-state index < -0.39 is 24.3 Å². The average Bonchev–Trinajstić information content (AvgIpc) is 3.27. The molecule has 222 valence electrons. The lowest BCUT2D eigenvalue weighted by Crippen LogP contribution is -2.43. The van der Waals surface area contributed by atoms with Crippen LogP contribution in [-0.4, -0.2) is 95.6 Å². The standard InChI is InChI=1S/C20H30N2O3.2C2HF3O2/c1-2-19-20(5-10-22(19)13-16-3-8-21-9-4-16)25-18(1)15-24-14-17-6-11-23-12-7-17;2*3-2(4,5)1(6)7/h3-4,8-9,17-20H,1-2,5-7,10-15H2;2*(H,6,7)/t18-,19-,20-;;/m1../s1. The second-order valence-electron chi connectivity index (χ2n) is 9.25. The Balaban J connectivity index is 0.000000317. The van der Waals surface area contributed by atoms with Crippen LogP contribution in [0.2, 0.25) is 0 Å². The van der Waals surface area contributed by atoms with Gasteiger partial charge in [-0.15, -0.1) is 0 Å². The number of carboxylic acids is 2. The number of fused-ring (bicyclic) bond motifs is 1. The second-order valence-corrected chi connectivity index (χ2v) is 9.25. The Morgan fingerprint density at radius 2 is 1.49 bits per heavy atom. The van der Waals surface area contributed by atoms with E-state index >= 15 is 0 Å². The molecule has 3 saturated heterocycles. The first-order chi connectivity index (χ1) is 18.3. The molecule has 0 unspecified atom stereocenters. The van der Waals surface area contributed by atoms with Crippen LogP contribution < -0.4 is 0 Å². The lowest BCUT2D eigenvalue weighted by molar-refractivity contribution is -0.193. The molecule has 4 heterocycles. The van der Waals surface area contributed by atoms with Crippen LogP contribution in [0.5, 0.6) is 0 Å². The molecule has 0 spiro atoms. The smallest absolute Gasteiger partial charge is 0.475 e. The minimum Gasteiger partial charge on any atom is -0.475 e. The Morgan fingerprint density at radius 3 is 2.03 bits per heavy atom. The summed E-state index contributed by atoms with van der Waals surface area (Å²) in [5.41, 5.74) is 1.34. The Hall–Kier alpha value is -2.49. The summed E-state index contributed by atoms with van der Waals surface area (Å²) in [5.74, 6) is -4.84. The lowest BCUT2D eigenvalue weighted by atomic mass is 9.99. The van der Waals surface area contributed by atoms with E-state index in [0.29, 0.717) is 18.1 Å². The third-order valence-corrected chi connectivity index (χ3v) is 6.37. The minimum absolute atomic E-state index is 0.280. The summed E-state index contributed by atoms with van der Waals surface area (Å²) in [6, 6.07) is 4.80. The summed E-state index contributed by atoms with van der Waals surface area (Å²) in [7, 11) is 0. The summed E-state index contributed by atoms with van der Waals surface area (Å²) in [6.45, 7) is 5.55. The maximum absolute atomic E-state index is 10.6. The fraction of sp³-hybridized carbons (Fsp3) is 0.708. The highest BCUT2D eigenvalue weighted by molar-refractivity contribution is 5.73. The summed E-state index contributed by atoms with van der Waals surface area (Å²) in [6.07, 6.45) is 0.0161. The molecule has 0 amide bonds. The van der Waals surface area contributed by atoms with Gasteiger partial charge < -0.3 is 24.4 Å². The van der Waals surface area contributed by atoms with Gasteiger partial charge in [-0.2, -0.15) is 26.3 Å². The first-order valence-corrected chi connectivity index (χ1v) is 12.3. The first-order valence-electron chi connectivity index (χ1n) is 12.3. The van der Waals surface area contributed by atoms with Crippen molar-refractivity contribution in [1.82, 2.24) is 9.88 Å². The Labute approximate surface area is 221 Å². The van der Waals surface area contributed by atoms with Crippen molar-refractivity contribution in [3.63, 3.8) is 0 Å². The van der Waals surface area contributed by atoms with Gasteiger partial charge in [0.05, 0.1) is 18.8 Å². The largest absolute Gasteiger partial charge is 0.490 e. The Bertz CT molecular complexity index is 858. The minimum atomic E-state index is -5.08. The van der Waals surface area contributed by atoms with Gasteiger partial charge in [0.2, 0.25) is 0 Å². The first kappa shape index (κ1) is 32.7. The number of nitrogens with zero attached hydrogens (tertiary/aromatic N) is 2. The molecule has 0 aliphatic carbocycles. The van der Waals surface area contributed by atoms with Crippen LogP contribution in [0, 0.1) is 5.92 Å². The topological polar surface area (TPSA) is 118 Å². The van der Waals surface area contributed by atoms with Crippen molar-refractivity contribution in [2.24, 2.45) is 5.92 Å². The summed E-state index contributed by atoms with van der Waals surface area (Å²) in [4.78, 5) is 24.5. The van der Waals surface area contributed by atoms with Gasteiger partial charge in [0.15, 0.2) is 0 Å². The molecule has 0 saturated carbocycles. The highest BCUT2D eigenvalue weighted by Gasteiger charge is 2.40. The number of aliphatic carboxylic acids is 2. The maximum Gasteiger partial charge on any atom is 0.490 e. The number of hydrogen-bond acceptors (Lipinski definition) is 7. The normalized spacial score (nSPS) is 24.0. The molecule has 0 aromatic carbocycles.